The van der Waals surface area contributed by atoms with Crippen molar-refractivity contribution in [1.82, 2.24) is 9.97 Å². The molecule has 1 aromatic carbocycles. The molecule has 112 valence electrons. The van der Waals surface area contributed by atoms with Gasteiger partial charge in [-0.2, -0.15) is 0 Å². The van der Waals surface area contributed by atoms with E-state index in [1.165, 1.54) is 0 Å². The summed E-state index contributed by atoms with van der Waals surface area (Å²) in [6, 6.07) is 12.1. The molecular weight excluding hydrogens is 262 g/mol. The van der Waals surface area contributed by atoms with Crippen molar-refractivity contribution in [2.24, 2.45) is 11.8 Å². The number of hydrogen-bond acceptors (Lipinski definition) is 5. The van der Waals surface area contributed by atoms with Gasteiger partial charge in [0, 0.05) is 24.7 Å². The zero-order valence-electron chi connectivity index (χ0n) is 13.0. The van der Waals surface area contributed by atoms with E-state index in [1.54, 1.807) is 0 Å². The molecule has 0 aliphatic rings. The van der Waals surface area contributed by atoms with E-state index in [9.17, 15) is 0 Å². The predicted molar refractivity (Wildman–Crippen MR) is 88.0 cm³/mol. The Labute approximate surface area is 126 Å². The number of hydrazine groups is 1. The summed E-state index contributed by atoms with van der Waals surface area (Å²) < 4.78 is 0. The summed E-state index contributed by atoms with van der Waals surface area (Å²) in [7, 11) is 2.04. The van der Waals surface area contributed by atoms with Gasteiger partial charge in [-0.05, 0) is 12.8 Å². The topological polar surface area (TPSA) is 67.1 Å². The van der Waals surface area contributed by atoms with Crippen LogP contribution in [0.5, 0.6) is 0 Å². The van der Waals surface area contributed by atoms with Gasteiger partial charge in [-0.3, -0.25) is 0 Å². The molecule has 2 aromatic rings. The molecule has 0 saturated heterocycles. The van der Waals surface area contributed by atoms with Crippen LogP contribution in [-0.4, -0.2) is 23.1 Å². The van der Waals surface area contributed by atoms with Gasteiger partial charge in [-0.1, -0.05) is 44.2 Å². The Morgan fingerprint density at radius 1 is 1.10 bits per heavy atom. The van der Waals surface area contributed by atoms with Crippen LogP contribution < -0.4 is 16.2 Å². The summed E-state index contributed by atoms with van der Waals surface area (Å²) in [4.78, 5) is 11.3. The fourth-order valence-corrected chi connectivity index (χ4v) is 2.06. The van der Waals surface area contributed by atoms with Crippen LogP contribution in [-0.2, 0) is 0 Å². The normalized spacial score (nSPS) is 12.3. The first-order valence-electron chi connectivity index (χ1n) is 7.17. The van der Waals surface area contributed by atoms with Gasteiger partial charge in [0.1, 0.15) is 11.6 Å². The van der Waals surface area contributed by atoms with Gasteiger partial charge in [-0.25, -0.2) is 15.8 Å². The van der Waals surface area contributed by atoms with Crippen molar-refractivity contribution in [3.05, 3.63) is 36.4 Å². The van der Waals surface area contributed by atoms with Crippen LogP contribution in [0.1, 0.15) is 20.8 Å². The number of hydrogen-bond donors (Lipinski definition) is 2. The van der Waals surface area contributed by atoms with Gasteiger partial charge >= 0.3 is 0 Å². The van der Waals surface area contributed by atoms with Crippen molar-refractivity contribution < 1.29 is 0 Å². The third kappa shape index (κ3) is 3.49. The zero-order chi connectivity index (χ0) is 15.4. The molecule has 0 aliphatic heterocycles. The highest BCUT2D eigenvalue weighted by Gasteiger charge is 2.17. The molecule has 0 fully saturated rings. The Morgan fingerprint density at radius 3 is 2.33 bits per heavy atom. The monoisotopic (exact) mass is 285 g/mol. The van der Waals surface area contributed by atoms with E-state index in [-0.39, 0.29) is 0 Å². The number of nitrogens with two attached hydrogens (primary N) is 1. The van der Waals surface area contributed by atoms with Crippen molar-refractivity contribution >= 4 is 11.6 Å². The van der Waals surface area contributed by atoms with Crippen LogP contribution in [0.15, 0.2) is 36.4 Å². The van der Waals surface area contributed by atoms with Crippen molar-refractivity contribution in [2.75, 3.05) is 17.4 Å². The third-order valence-corrected chi connectivity index (χ3v) is 3.83. The molecule has 0 amide bonds. The number of nitrogens with zero attached hydrogens (tertiary/aromatic N) is 3. The minimum absolute atomic E-state index is 0.370. The molecule has 0 spiro atoms. The first-order chi connectivity index (χ1) is 10.0. The largest absolute Gasteiger partial charge is 0.357 e. The van der Waals surface area contributed by atoms with Crippen molar-refractivity contribution in [2.45, 2.75) is 26.8 Å². The average Bonchev–Trinajstić information content (AvgIpc) is 2.53. The van der Waals surface area contributed by atoms with Crippen LogP contribution in [0.4, 0.5) is 11.6 Å². The highest BCUT2D eigenvalue weighted by Crippen LogP contribution is 2.23. The Kier molecular flexibility index (Phi) is 4.75. The number of rotatable bonds is 5. The number of nitrogens with one attached hydrogen (secondary N) is 1. The summed E-state index contributed by atoms with van der Waals surface area (Å²) in [6.07, 6.45) is 0. The lowest BCUT2D eigenvalue weighted by Gasteiger charge is -2.29. The molecule has 5 nitrogen and oxygen atoms in total. The van der Waals surface area contributed by atoms with Gasteiger partial charge in [0.05, 0.1) is 0 Å². The van der Waals surface area contributed by atoms with E-state index in [1.807, 2.05) is 43.4 Å². The van der Waals surface area contributed by atoms with Gasteiger partial charge in [0.15, 0.2) is 5.82 Å². The summed E-state index contributed by atoms with van der Waals surface area (Å²) in [5, 5.41) is 0. The lowest BCUT2D eigenvalue weighted by atomic mass is 10.1. The first kappa shape index (κ1) is 15.3. The standard InChI is InChI=1S/C16H23N5/c1-11(2)12(3)21(4)15-10-14(20-17)18-16(19-15)13-8-6-5-7-9-13/h5-12H,17H2,1-4H3,(H,18,19,20). The highest BCUT2D eigenvalue weighted by atomic mass is 15.3. The SMILES string of the molecule is CC(C)C(C)N(C)c1cc(NN)nc(-c2ccccc2)n1. The second kappa shape index (κ2) is 6.54. The minimum Gasteiger partial charge on any atom is -0.357 e. The van der Waals surface area contributed by atoms with Crippen LogP contribution in [0, 0.1) is 5.92 Å². The number of benzene rings is 1. The molecule has 1 atom stereocenters. The minimum atomic E-state index is 0.370. The molecule has 1 unspecified atom stereocenters. The maximum Gasteiger partial charge on any atom is 0.163 e. The third-order valence-electron chi connectivity index (χ3n) is 3.83. The predicted octanol–water partition coefficient (Wildman–Crippen LogP) is 2.91. The lowest BCUT2D eigenvalue weighted by molar-refractivity contribution is 0.502. The van der Waals surface area contributed by atoms with Crippen LogP contribution >= 0.6 is 0 Å². The van der Waals surface area contributed by atoms with Gasteiger partial charge in [0.25, 0.3) is 0 Å². The maximum atomic E-state index is 5.54. The Balaban J connectivity index is 2.43. The van der Waals surface area contributed by atoms with Gasteiger partial charge in [0.2, 0.25) is 0 Å². The fraction of sp³-hybridized carbons (Fsp3) is 0.375. The van der Waals surface area contributed by atoms with E-state index >= 15 is 0 Å². The number of nitrogen functional groups attached to an aromatic ring is 1. The Bertz CT molecular complexity index is 582. The van der Waals surface area contributed by atoms with Gasteiger partial charge in [-0.15, -0.1) is 0 Å². The van der Waals surface area contributed by atoms with Crippen molar-refractivity contribution in [3.8, 4) is 11.4 Å². The second-order valence-electron chi connectivity index (χ2n) is 5.54. The maximum absolute atomic E-state index is 5.54. The number of anilines is 2. The Morgan fingerprint density at radius 2 is 1.76 bits per heavy atom. The molecule has 0 aliphatic carbocycles. The first-order valence-corrected chi connectivity index (χ1v) is 7.17. The van der Waals surface area contributed by atoms with E-state index < -0.39 is 0 Å². The molecule has 0 radical (unpaired) electrons. The summed E-state index contributed by atoms with van der Waals surface area (Å²) in [5.74, 6) is 8.21. The summed E-state index contributed by atoms with van der Waals surface area (Å²) in [5.41, 5.74) is 3.60. The van der Waals surface area contributed by atoms with Crippen LogP contribution in [0.3, 0.4) is 0 Å². The van der Waals surface area contributed by atoms with Crippen molar-refractivity contribution in [3.63, 3.8) is 0 Å². The van der Waals surface area contributed by atoms with E-state index in [2.05, 4.69) is 41.1 Å². The molecule has 1 heterocycles. The van der Waals surface area contributed by atoms with E-state index in [0.29, 0.717) is 23.6 Å². The summed E-state index contributed by atoms with van der Waals surface area (Å²) >= 11 is 0. The molecular formula is C16H23N5. The lowest BCUT2D eigenvalue weighted by Crippen LogP contribution is -2.34. The fourth-order valence-electron chi connectivity index (χ4n) is 2.06. The van der Waals surface area contributed by atoms with E-state index in [0.717, 1.165) is 11.4 Å². The average molecular weight is 285 g/mol. The molecule has 3 N–H and O–H groups in total. The van der Waals surface area contributed by atoms with Crippen LogP contribution in [0.25, 0.3) is 11.4 Å². The highest BCUT2D eigenvalue weighted by molar-refractivity contribution is 5.61. The zero-order valence-corrected chi connectivity index (χ0v) is 13.0. The Hall–Kier alpha value is -2.14. The van der Waals surface area contributed by atoms with Gasteiger partial charge < -0.3 is 10.3 Å². The quantitative estimate of drug-likeness (QED) is 0.653. The van der Waals surface area contributed by atoms with Crippen LogP contribution in [0.2, 0.25) is 0 Å². The molecule has 0 bridgehead atoms. The molecule has 2 rings (SSSR count). The van der Waals surface area contributed by atoms with E-state index in [4.69, 9.17) is 5.84 Å². The van der Waals surface area contributed by atoms with Crippen molar-refractivity contribution in [1.29, 1.82) is 0 Å². The molecule has 1 aromatic heterocycles. The molecule has 0 saturated carbocycles. The molecule has 21 heavy (non-hydrogen) atoms. The smallest absolute Gasteiger partial charge is 0.163 e. The molecule has 5 heteroatoms. The summed E-state index contributed by atoms with van der Waals surface area (Å²) in [6.45, 7) is 6.58. The number of aromatic nitrogens is 2. The second-order valence-corrected chi connectivity index (χ2v) is 5.54.